The molecule has 126 valence electrons. The van der Waals surface area contributed by atoms with Crippen molar-refractivity contribution in [2.45, 2.75) is 18.2 Å². The van der Waals surface area contributed by atoms with Gasteiger partial charge in [-0.15, -0.1) is 11.8 Å². The molecule has 0 aliphatic heterocycles. The van der Waals surface area contributed by atoms with E-state index >= 15 is 0 Å². The van der Waals surface area contributed by atoms with Crippen LogP contribution < -0.4 is 5.73 Å². The first kappa shape index (κ1) is 17.2. The van der Waals surface area contributed by atoms with Crippen LogP contribution in [0, 0.1) is 6.92 Å². The minimum Gasteiger partial charge on any atom is -0.366 e. The monoisotopic (exact) mass is 348 g/mol. The number of aromatic nitrogens is 1. The van der Waals surface area contributed by atoms with Gasteiger partial charge in [-0.1, -0.05) is 18.2 Å². The highest BCUT2D eigenvalue weighted by atomic mass is 32.2. The summed E-state index contributed by atoms with van der Waals surface area (Å²) < 4.78 is 0. The van der Waals surface area contributed by atoms with Gasteiger partial charge in [0.2, 0.25) is 5.91 Å². The molecule has 1 aromatic heterocycles. The van der Waals surface area contributed by atoms with Crippen molar-refractivity contribution in [1.29, 1.82) is 0 Å². The summed E-state index contributed by atoms with van der Waals surface area (Å²) in [4.78, 5) is 17.1. The van der Waals surface area contributed by atoms with Crippen molar-refractivity contribution in [3.05, 3.63) is 83.0 Å². The molecule has 0 fully saturated rings. The standard InChI is InChI=1S/C21H20N2OS/c1-14-10-17(6-7-19(14)21(22)24)20-13-16(8-9-23-20)11-15-4-3-5-18(12-15)25-2/h3-10,12-13H,11H2,1-2H3,(H2,22,24). The quantitative estimate of drug-likeness (QED) is 0.692. The number of aryl methyl sites for hydroxylation is 1. The van der Waals surface area contributed by atoms with Gasteiger partial charge < -0.3 is 5.73 Å². The molecule has 3 aromatic rings. The van der Waals surface area contributed by atoms with E-state index < -0.39 is 5.91 Å². The van der Waals surface area contributed by atoms with Crippen molar-refractivity contribution in [3.63, 3.8) is 0 Å². The number of nitrogens with zero attached hydrogens (tertiary/aromatic N) is 1. The third-order valence-corrected chi connectivity index (χ3v) is 4.88. The first-order valence-electron chi connectivity index (χ1n) is 8.05. The average molecular weight is 348 g/mol. The zero-order chi connectivity index (χ0) is 17.8. The lowest BCUT2D eigenvalue weighted by atomic mass is 10.00. The van der Waals surface area contributed by atoms with Crippen molar-refractivity contribution in [2.75, 3.05) is 6.26 Å². The summed E-state index contributed by atoms with van der Waals surface area (Å²) in [6, 6.07) is 18.3. The summed E-state index contributed by atoms with van der Waals surface area (Å²) in [5.41, 5.74) is 11.2. The fourth-order valence-corrected chi connectivity index (χ4v) is 3.34. The van der Waals surface area contributed by atoms with Gasteiger partial charge in [0.1, 0.15) is 0 Å². The molecule has 3 rings (SSSR count). The van der Waals surface area contributed by atoms with Crippen LogP contribution >= 0.6 is 11.8 Å². The maximum Gasteiger partial charge on any atom is 0.248 e. The molecule has 0 unspecified atom stereocenters. The summed E-state index contributed by atoms with van der Waals surface area (Å²) in [5.74, 6) is -0.403. The van der Waals surface area contributed by atoms with Crippen molar-refractivity contribution >= 4 is 17.7 Å². The molecule has 0 saturated carbocycles. The molecular weight excluding hydrogens is 328 g/mol. The first-order valence-corrected chi connectivity index (χ1v) is 9.28. The van der Waals surface area contributed by atoms with Crippen LogP contribution in [-0.4, -0.2) is 17.1 Å². The lowest BCUT2D eigenvalue weighted by molar-refractivity contribution is 0.0999. The zero-order valence-corrected chi connectivity index (χ0v) is 15.1. The van der Waals surface area contributed by atoms with E-state index in [0.717, 1.165) is 23.2 Å². The second kappa shape index (κ2) is 7.53. The zero-order valence-electron chi connectivity index (χ0n) is 14.3. The van der Waals surface area contributed by atoms with Crippen LogP contribution in [0.1, 0.15) is 27.0 Å². The van der Waals surface area contributed by atoms with Crippen LogP contribution in [-0.2, 0) is 6.42 Å². The second-order valence-electron chi connectivity index (χ2n) is 5.97. The van der Waals surface area contributed by atoms with E-state index in [1.54, 1.807) is 17.8 Å². The van der Waals surface area contributed by atoms with Gasteiger partial charge in [0.25, 0.3) is 0 Å². The number of rotatable bonds is 5. The topological polar surface area (TPSA) is 56.0 Å². The van der Waals surface area contributed by atoms with Crippen LogP contribution in [0.25, 0.3) is 11.3 Å². The number of thioether (sulfide) groups is 1. The summed E-state index contributed by atoms with van der Waals surface area (Å²) in [7, 11) is 0. The van der Waals surface area contributed by atoms with Crippen LogP contribution in [0.5, 0.6) is 0 Å². The lowest BCUT2D eigenvalue weighted by Crippen LogP contribution is -2.12. The van der Waals surface area contributed by atoms with E-state index in [9.17, 15) is 4.79 Å². The molecule has 1 heterocycles. The Morgan fingerprint density at radius 1 is 1.08 bits per heavy atom. The predicted molar refractivity (Wildman–Crippen MR) is 104 cm³/mol. The van der Waals surface area contributed by atoms with E-state index in [1.807, 2.05) is 31.3 Å². The molecule has 0 bridgehead atoms. The predicted octanol–water partition coefficient (Wildman–Crippen LogP) is 4.47. The number of benzene rings is 2. The second-order valence-corrected chi connectivity index (χ2v) is 6.85. The summed E-state index contributed by atoms with van der Waals surface area (Å²) in [5, 5.41) is 0. The molecule has 0 saturated heterocycles. The summed E-state index contributed by atoms with van der Waals surface area (Å²) in [6.45, 7) is 1.89. The van der Waals surface area contributed by atoms with Crippen LogP contribution in [0.2, 0.25) is 0 Å². The molecule has 1 amide bonds. The molecule has 3 nitrogen and oxygen atoms in total. The normalized spacial score (nSPS) is 10.6. The van der Waals surface area contributed by atoms with Crippen molar-refractivity contribution in [2.24, 2.45) is 5.73 Å². The van der Waals surface area contributed by atoms with E-state index in [0.29, 0.717) is 5.56 Å². The minimum absolute atomic E-state index is 0.403. The number of carbonyl (C=O) groups is 1. The van der Waals surface area contributed by atoms with Crippen LogP contribution in [0.3, 0.4) is 0 Å². The maximum absolute atomic E-state index is 11.4. The molecule has 25 heavy (non-hydrogen) atoms. The van der Waals surface area contributed by atoms with Gasteiger partial charge in [0.15, 0.2) is 0 Å². The Bertz CT molecular complexity index is 921. The highest BCUT2D eigenvalue weighted by Gasteiger charge is 2.08. The third-order valence-electron chi connectivity index (χ3n) is 4.15. The minimum atomic E-state index is -0.403. The van der Waals surface area contributed by atoms with E-state index in [2.05, 4.69) is 41.6 Å². The molecule has 0 aliphatic rings. The number of primary amides is 1. The fraction of sp³-hybridized carbons (Fsp3) is 0.143. The number of hydrogen-bond acceptors (Lipinski definition) is 3. The van der Waals surface area contributed by atoms with E-state index in [1.165, 1.54) is 16.0 Å². The first-order chi connectivity index (χ1) is 12.1. The van der Waals surface area contributed by atoms with Gasteiger partial charge in [0.05, 0.1) is 5.69 Å². The largest absolute Gasteiger partial charge is 0.366 e. The molecule has 2 N–H and O–H groups in total. The van der Waals surface area contributed by atoms with Crippen molar-refractivity contribution in [3.8, 4) is 11.3 Å². The van der Waals surface area contributed by atoms with Crippen LogP contribution in [0.4, 0.5) is 0 Å². The molecule has 4 heteroatoms. The van der Waals surface area contributed by atoms with Gasteiger partial charge >= 0.3 is 0 Å². The molecule has 2 aromatic carbocycles. The van der Waals surface area contributed by atoms with Crippen molar-refractivity contribution in [1.82, 2.24) is 4.98 Å². The van der Waals surface area contributed by atoms with E-state index in [-0.39, 0.29) is 0 Å². The number of pyridine rings is 1. The number of amides is 1. The van der Waals surface area contributed by atoms with Crippen LogP contribution in [0.15, 0.2) is 65.7 Å². The third kappa shape index (κ3) is 4.09. The number of hydrogen-bond donors (Lipinski definition) is 1. The van der Waals surface area contributed by atoms with Gasteiger partial charge in [-0.2, -0.15) is 0 Å². The Morgan fingerprint density at radius 2 is 1.88 bits per heavy atom. The average Bonchev–Trinajstić information content (AvgIpc) is 2.61. The number of carbonyl (C=O) groups excluding carboxylic acids is 1. The molecule has 0 radical (unpaired) electrons. The highest BCUT2D eigenvalue weighted by Crippen LogP contribution is 2.23. The molecule has 0 spiro atoms. The van der Waals surface area contributed by atoms with Gasteiger partial charge in [-0.3, -0.25) is 9.78 Å². The van der Waals surface area contributed by atoms with E-state index in [4.69, 9.17) is 5.73 Å². The Kier molecular flexibility index (Phi) is 5.19. The maximum atomic E-state index is 11.4. The van der Waals surface area contributed by atoms with Crippen molar-refractivity contribution < 1.29 is 4.79 Å². The molecular formula is C21H20N2OS. The summed E-state index contributed by atoms with van der Waals surface area (Å²) in [6.07, 6.45) is 4.78. The SMILES string of the molecule is CSc1cccc(Cc2ccnc(-c3ccc(C(N)=O)c(C)c3)c2)c1. The Hall–Kier alpha value is -2.59. The Labute approximate surface area is 152 Å². The fourth-order valence-electron chi connectivity index (χ4n) is 2.86. The smallest absolute Gasteiger partial charge is 0.248 e. The lowest BCUT2D eigenvalue weighted by Gasteiger charge is -2.08. The molecule has 0 aliphatic carbocycles. The highest BCUT2D eigenvalue weighted by molar-refractivity contribution is 7.98. The summed E-state index contributed by atoms with van der Waals surface area (Å²) >= 11 is 1.75. The number of nitrogens with two attached hydrogens (primary N) is 1. The van der Waals surface area contributed by atoms with Gasteiger partial charge in [-0.05, 0) is 72.7 Å². The Balaban J connectivity index is 1.88. The van der Waals surface area contributed by atoms with Gasteiger partial charge in [-0.25, -0.2) is 0 Å². The Morgan fingerprint density at radius 3 is 2.60 bits per heavy atom. The molecule has 0 atom stereocenters. The van der Waals surface area contributed by atoms with Gasteiger partial charge in [0, 0.05) is 22.2 Å².